The summed E-state index contributed by atoms with van der Waals surface area (Å²) in [7, 11) is 0. The van der Waals surface area contributed by atoms with Crippen LogP contribution in [-0.2, 0) is 11.3 Å². The van der Waals surface area contributed by atoms with Gasteiger partial charge in [-0.05, 0) is 59.3 Å². The molecule has 0 atom stereocenters. The summed E-state index contributed by atoms with van der Waals surface area (Å²) in [5.74, 6) is 0.144. The first kappa shape index (κ1) is 17.5. The van der Waals surface area contributed by atoms with Crippen LogP contribution in [0.1, 0.15) is 11.1 Å². The summed E-state index contributed by atoms with van der Waals surface area (Å²) in [6.45, 7) is 3.91. The minimum atomic E-state index is -0.239. The van der Waals surface area contributed by atoms with Gasteiger partial charge >= 0.3 is 0 Å². The number of benzene rings is 2. The van der Waals surface area contributed by atoms with Gasteiger partial charge in [-0.3, -0.25) is 4.79 Å². The Morgan fingerprint density at radius 2 is 1.82 bits per heavy atom. The molecule has 2 heterocycles. The lowest BCUT2D eigenvalue weighted by Crippen LogP contribution is -2.20. The van der Waals surface area contributed by atoms with Gasteiger partial charge in [0.2, 0.25) is 11.7 Å². The van der Waals surface area contributed by atoms with E-state index in [0.29, 0.717) is 11.4 Å². The fraction of sp³-hybridized carbons (Fsp3) is 0.167. The Kier molecular flexibility index (Phi) is 4.58. The Labute approximate surface area is 160 Å². The van der Waals surface area contributed by atoms with Crippen molar-refractivity contribution in [2.75, 3.05) is 5.32 Å². The molecular weight excluding hydrogens is 358 g/mol. The third kappa shape index (κ3) is 3.75. The Bertz CT molecular complexity index is 1100. The first-order valence-corrected chi connectivity index (χ1v) is 8.57. The van der Waals surface area contributed by atoms with E-state index in [9.17, 15) is 4.79 Å². The van der Waals surface area contributed by atoms with Crippen molar-refractivity contribution in [3.8, 4) is 17.1 Å². The third-order valence-corrected chi connectivity index (χ3v) is 4.06. The van der Waals surface area contributed by atoms with E-state index in [1.54, 1.807) is 0 Å². The lowest BCUT2D eigenvalue weighted by Gasteiger charge is -2.06. The van der Waals surface area contributed by atoms with E-state index in [2.05, 4.69) is 36.3 Å². The zero-order valence-corrected chi connectivity index (χ0v) is 15.3. The molecule has 28 heavy (non-hydrogen) atoms. The van der Waals surface area contributed by atoms with Crippen molar-refractivity contribution in [3.63, 3.8) is 0 Å². The highest BCUT2D eigenvalue weighted by atomic mass is 16.2. The average Bonchev–Trinajstić information content (AvgIpc) is 3.36. The molecule has 140 valence electrons. The van der Waals surface area contributed by atoms with Crippen LogP contribution in [0.2, 0.25) is 0 Å². The zero-order valence-electron chi connectivity index (χ0n) is 15.3. The van der Waals surface area contributed by atoms with Crippen LogP contribution in [-0.4, -0.2) is 46.3 Å². The molecule has 0 unspecified atom stereocenters. The first-order valence-electron chi connectivity index (χ1n) is 8.57. The van der Waals surface area contributed by atoms with Gasteiger partial charge in [0.05, 0.1) is 5.69 Å². The number of anilines is 1. The summed E-state index contributed by atoms with van der Waals surface area (Å²) in [4.78, 5) is 13.5. The molecule has 2 aromatic heterocycles. The Morgan fingerprint density at radius 3 is 2.57 bits per heavy atom. The molecule has 10 heteroatoms. The minimum absolute atomic E-state index is 0.0487. The number of nitrogens with one attached hydrogen (secondary N) is 1. The van der Waals surface area contributed by atoms with Crippen LogP contribution in [0.3, 0.4) is 0 Å². The van der Waals surface area contributed by atoms with Crippen molar-refractivity contribution in [1.82, 2.24) is 40.4 Å². The largest absolute Gasteiger partial charge is 0.324 e. The number of amides is 1. The molecule has 10 nitrogen and oxygen atoms in total. The molecule has 1 N–H and O–H groups in total. The second-order valence-corrected chi connectivity index (χ2v) is 6.33. The molecule has 0 spiro atoms. The van der Waals surface area contributed by atoms with Gasteiger partial charge in [-0.2, -0.15) is 9.48 Å². The summed E-state index contributed by atoms with van der Waals surface area (Å²) in [6, 6.07) is 13.3. The standard InChI is InChI=1S/C18H17N9O/c1-12-3-6-14(7-4-12)20-17(28)10-27-22-18(21-24-27)15-8-5-13(2)9-16(15)26-11-19-23-25-26/h3-9,11H,10H2,1-2H3,(H,20,28). The molecule has 0 bridgehead atoms. The van der Waals surface area contributed by atoms with Crippen molar-refractivity contribution in [1.29, 1.82) is 0 Å². The Balaban J connectivity index is 1.53. The maximum Gasteiger partial charge on any atom is 0.248 e. The predicted octanol–water partition coefficient (Wildman–Crippen LogP) is 1.57. The maximum absolute atomic E-state index is 12.2. The van der Waals surface area contributed by atoms with Crippen LogP contribution in [0.25, 0.3) is 17.1 Å². The zero-order chi connectivity index (χ0) is 19.5. The van der Waals surface area contributed by atoms with Gasteiger partial charge in [-0.25, -0.2) is 0 Å². The van der Waals surface area contributed by atoms with Crippen molar-refractivity contribution in [3.05, 3.63) is 59.9 Å². The fourth-order valence-electron chi connectivity index (χ4n) is 2.68. The minimum Gasteiger partial charge on any atom is -0.324 e. The number of aryl methyl sites for hydroxylation is 2. The van der Waals surface area contributed by atoms with E-state index in [0.717, 1.165) is 22.5 Å². The molecule has 4 rings (SSSR count). The van der Waals surface area contributed by atoms with E-state index in [1.165, 1.54) is 15.8 Å². The quantitative estimate of drug-likeness (QED) is 0.563. The number of aromatic nitrogens is 8. The SMILES string of the molecule is Cc1ccc(NC(=O)Cn2nnc(-c3ccc(C)cc3-n3cnnn3)n2)cc1. The monoisotopic (exact) mass is 375 g/mol. The van der Waals surface area contributed by atoms with E-state index in [4.69, 9.17) is 0 Å². The van der Waals surface area contributed by atoms with E-state index in [-0.39, 0.29) is 12.5 Å². The summed E-state index contributed by atoms with van der Waals surface area (Å²) in [6.07, 6.45) is 1.50. The van der Waals surface area contributed by atoms with E-state index >= 15 is 0 Å². The molecule has 0 radical (unpaired) electrons. The number of carbonyl (C=O) groups excluding carboxylic acids is 1. The van der Waals surface area contributed by atoms with Gasteiger partial charge < -0.3 is 5.32 Å². The number of tetrazole rings is 2. The topological polar surface area (TPSA) is 116 Å². The molecule has 0 saturated heterocycles. The number of hydrogen-bond donors (Lipinski definition) is 1. The van der Waals surface area contributed by atoms with Gasteiger partial charge in [-0.15, -0.1) is 15.3 Å². The second-order valence-electron chi connectivity index (χ2n) is 6.33. The van der Waals surface area contributed by atoms with Gasteiger partial charge in [0.15, 0.2) is 0 Å². The van der Waals surface area contributed by atoms with Gasteiger partial charge in [-0.1, -0.05) is 23.8 Å². The van der Waals surface area contributed by atoms with Crippen LogP contribution in [0.4, 0.5) is 5.69 Å². The van der Waals surface area contributed by atoms with Crippen LogP contribution >= 0.6 is 0 Å². The molecule has 2 aromatic carbocycles. The lowest BCUT2D eigenvalue weighted by atomic mass is 10.1. The Hall–Kier alpha value is -3.95. The molecule has 0 saturated carbocycles. The highest BCUT2D eigenvalue weighted by molar-refractivity contribution is 5.90. The smallest absolute Gasteiger partial charge is 0.248 e. The fourth-order valence-corrected chi connectivity index (χ4v) is 2.68. The Morgan fingerprint density at radius 1 is 1.04 bits per heavy atom. The second kappa shape index (κ2) is 7.35. The van der Waals surface area contributed by atoms with Gasteiger partial charge in [0.1, 0.15) is 12.9 Å². The lowest BCUT2D eigenvalue weighted by molar-refractivity contribution is -0.117. The average molecular weight is 375 g/mol. The number of nitrogens with zero attached hydrogens (tertiary/aromatic N) is 8. The predicted molar refractivity (Wildman–Crippen MR) is 101 cm³/mol. The van der Waals surface area contributed by atoms with E-state index in [1.807, 2.05) is 56.3 Å². The number of hydrogen-bond acceptors (Lipinski definition) is 7. The summed E-state index contributed by atoms with van der Waals surface area (Å²) in [5, 5.41) is 26.5. The highest BCUT2D eigenvalue weighted by Gasteiger charge is 2.15. The van der Waals surface area contributed by atoms with Gasteiger partial charge in [0, 0.05) is 11.3 Å². The molecule has 4 aromatic rings. The van der Waals surface area contributed by atoms with Crippen molar-refractivity contribution in [2.24, 2.45) is 0 Å². The summed E-state index contributed by atoms with van der Waals surface area (Å²) < 4.78 is 1.53. The van der Waals surface area contributed by atoms with Crippen molar-refractivity contribution >= 4 is 11.6 Å². The maximum atomic E-state index is 12.2. The molecule has 0 fully saturated rings. The van der Waals surface area contributed by atoms with Crippen LogP contribution in [0.15, 0.2) is 48.8 Å². The van der Waals surface area contributed by atoms with Gasteiger partial charge in [0.25, 0.3) is 0 Å². The van der Waals surface area contributed by atoms with Crippen molar-refractivity contribution in [2.45, 2.75) is 20.4 Å². The number of carbonyl (C=O) groups is 1. The molecule has 1 amide bonds. The third-order valence-electron chi connectivity index (χ3n) is 4.06. The normalized spacial score (nSPS) is 10.8. The van der Waals surface area contributed by atoms with Crippen molar-refractivity contribution < 1.29 is 4.79 Å². The van der Waals surface area contributed by atoms with Crippen LogP contribution in [0.5, 0.6) is 0 Å². The van der Waals surface area contributed by atoms with Crippen LogP contribution < -0.4 is 5.32 Å². The molecular formula is C18H17N9O. The molecule has 0 aliphatic rings. The first-order chi connectivity index (χ1) is 13.6. The van der Waals surface area contributed by atoms with E-state index < -0.39 is 0 Å². The molecule has 0 aliphatic heterocycles. The number of rotatable bonds is 5. The van der Waals surface area contributed by atoms with Crippen LogP contribution in [0, 0.1) is 13.8 Å². The highest BCUT2D eigenvalue weighted by Crippen LogP contribution is 2.23. The summed E-state index contributed by atoms with van der Waals surface area (Å²) in [5.41, 5.74) is 4.32. The molecule has 0 aliphatic carbocycles. The summed E-state index contributed by atoms with van der Waals surface area (Å²) >= 11 is 0.